The number of amidine groups is 1. The fourth-order valence-electron chi connectivity index (χ4n) is 8.72. The maximum absolute atomic E-state index is 13.4. The van der Waals surface area contributed by atoms with E-state index in [9.17, 15) is 4.79 Å². The Morgan fingerprint density at radius 1 is 0.905 bits per heavy atom. The van der Waals surface area contributed by atoms with Crippen LogP contribution >= 0.6 is 23.2 Å². The number of hydrogen-bond donors (Lipinski definition) is 0. The molecule has 0 spiro atoms. The molecular weight excluding hydrogens is 565 g/mol. The highest BCUT2D eigenvalue weighted by Crippen LogP contribution is 2.63. The van der Waals surface area contributed by atoms with Crippen LogP contribution in [0.2, 0.25) is 10.0 Å². The van der Waals surface area contributed by atoms with Crippen LogP contribution in [0.1, 0.15) is 69.7 Å². The highest BCUT2D eigenvalue weighted by molar-refractivity contribution is 6.38. The molecule has 218 valence electrons. The topological polar surface area (TPSA) is 45.1 Å². The van der Waals surface area contributed by atoms with E-state index in [2.05, 4.69) is 17.9 Å². The molecule has 4 bridgehead atoms. The van der Waals surface area contributed by atoms with Crippen LogP contribution in [0.5, 0.6) is 5.75 Å². The Morgan fingerprint density at radius 3 is 2.07 bits per heavy atom. The molecule has 8 rings (SSSR count). The van der Waals surface area contributed by atoms with E-state index in [4.69, 9.17) is 33.0 Å². The van der Waals surface area contributed by atoms with Crippen molar-refractivity contribution in [2.24, 2.45) is 28.3 Å². The average molecular weight is 603 g/mol. The number of Topliss-reactive ketones (excluding diaryl/α,β-unsaturated/α-hetero) is 1. The standard InChI is InChI=1S/C35H37Cl2N3O2/c1-22(41)33-38-40(30-13-11-29(37)12-14-30)34(31-5-3-4-6-32(31)42-21-24-7-9-28(36)10-8-24)39(33)23(2)35-18-25-15-26(19-35)17-27(16-25)20-35/h3-14,23,25-27,34H,15-21H2,1-2H3/t23-,25?,26?,27?,34-,35?/m1/s1. The first-order chi connectivity index (χ1) is 20.3. The molecule has 0 aromatic heterocycles. The highest BCUT2D eigenvalue weighted by atomic mass is 35.5. The lowest BCUT2D eigenvalue weighted by atomic mass is 9.47. The first-order valence-electron chi connectivity index (χ1n) is 15.2. The predicted octanol–water partition coefficient (Wildman–Crippen LogP) is 8.90. The van der Waals surface area contributed by atoms with Gasteiger partial charge >= 0.3 is 0 Å². The first-order valence-corrected chi connectivity index (χ1v) is 15.9. The summed E-state index contributed by atoms with van der Waals surface area (Å²) in [5, 5.41) is 8.42. The van der Waals surface area contributed by atoms with Gasteiger partial charge in [0.15, 0.2) is 17.8 Å². The number of ether oxygens (including phenoxy) is 1. The number of rotatable bonds is 8. The van der Waals surface area contributed by atoms with Crippen LogP contribution in [0, 0.1) is 23.2 Å². The molecule has 4 fully saturated rings. The third kappa shape index (κ3) is 4.99. The molecule has 2 atom stereocenters. The Morgan fingerprint density at radius 2 is 1.48 bits per heavy atom. The third-order valence-electron chi connectivity index (χ3n) is 10.2. The van der Waals surface area contributed by atoms with E-state index in [1.54, 1.807) is 6.92 Å². The number of para-hydroxylation sites is 1. The second-order valence-electron chi connectivity index (χ2n) is 13.0. The summed E-state index contributed by atoms with van der Waals surface area (Å²) in [4.78, 5) is 15.7. The normalized spacial score (nSPS) is 28.6. The van der Waals surface area contributed by atoms with E-state index in [1.807, 2.05) is 71.7 Å². The molecule has 1 heterocycles. The quantitative estimate of drug-likeness (QED) is 0.258. The van der Waals surface area contributed by atoms with Gasteiger partial charge in [0.25, 0.3) is 0 Å². The van der Waals surface area contributed by atoms with E-state index >= 15 is 0 Å². The van der Waals surface area contributed by atoms with Gasteiger partial charge in [0, 0.05) is 28.6 Å². The van der Waals surface area contributed by atoms with Crippen molar-refractivity contribution in [2.75, 3.05) is 5.01 Å². The van der Waals surface area contributed by atoms with E-state index < -0.39 is 0 Å². The number of hydrogen-bond acceptors (Lipinski definition) is 5. The number of carbonyl (C=O) groups excluding carboxylic acids is 1. The zero-order chi connectivity index (χ0) is 29.0. The minimum atomic E-state index is -0.338. The summed E-state index contributed by atoms with van der Waals surface area (Å²) in [5.41, 5.74) is 3.08. The summed E-state index contributed by atoms with van der Waals surface area (Å²) in [6, 6.07) is 23.8. The monoisotopic (exact) mass is 601 g/mol. The summed E-state index contributed by atoms with van der Waals surface area (Å²) in [6.07, 6.45) is 7.51. The third-order valence-corrected chi connectivity index (χ3v) is 10.7. The summed E-state index contributed by atoms with van der Waals surface area (Å²) in [6.45, 7) is 4.40. The second-order valence-corrected chi connectivity index (χ2v) is 13.9. The summed E-state index contributed by atoms with van der Waals surface area (Å²) >= 11 is 12.4. The van der Waals surface area contributed by atoms with E-state index in [-0.39, 0.29) is 23.4 Å². The molecule has 3 aromatic rings. The Hall–Kier alpha value is -3.02. The molecule has 4 aliphatic carbocycles. The molecule has 0 radical (unpaired) electrons. The summed E-state index contributed by atoms with van der Waals surface area (Å²) < 4.78 is 6.50. The lowest BCUT2D eigenvalue weighted by molar-refractivity contribution is -0.113. The molecule has 5 nitrogen and oxygen atoms in total. The van der Waals surface area contributed by atoms with Crippen molar-refractivity contribution in [2.45, 2.75) is 71.2 Å². The Labute approximate surface area is 258 Å². The molecule has 0 amide bonds. The van der Waals surface area contributed by atoms with Crippen LogP contribution in [0.4, 0.5) is 5.69 Å². The summed E-state index contributed by atoms with van der Waals surface area (Å²) in [7, 11) is 0. The number of halogens is 2. The van der Waals surface area contributed by atoms with Crippen LogP contribution in [0.15, 0.2) is 77.9 Å². The predicted molar refractivity (Wildman–Crippen MR) is 169 cm³/mol. The molecule has 7 heteroatoms. The number of carbonyl (C=O) groups is 1. The molecular formula is C35H37Cl2N3O2. The Kier molecular flexibility index (Phi) is 7.22. The number of benzene rings is 3. The van der Waals surface area contributed by atoms with Crippen LogP contribution in [-0.2, 0) is 11.4 Å². The zero-order valence-electron chi connectivity index (χ0n) is 24.2. The van der Waals surface area contributed by atoms with E-state index in [0.717, 1.165) is 40.3 Å². The van der Waals surface area contributed by atoms with Crippen molar-refractivity contribution < 1.29 is 9.53 Å². The van der Waals surface area contributed by atoms with Crippen molar-refractivity contribution >= 4 is 40.5 Å². The molecule has 4 saturated carbocycles. The molecule has 5 aliphatic rings. The summed E-state index contributed by atoms with van der Waals surface area (Å²) in [5.74, 6) is 3.69. The molecule has 42 heavy (non-hydrogen) atoms. The van der Waals surface area contributed by atoms with Gasteiger partial charge in [-0.3, -0.25) is 4.79 Å². The fourth-order valence-corrected chi connectivity index (χ4v) is 8.97. The number of nitrogens with zero attached hydrogens (tertiary/aromatic N) is 3. The minimum Gasteiger partial charge on any atom is -0.488 e. The highest BCUT2D eigenvalue weighted by Gasteiger charge is 2.57. The van der Waals surface area contributed by atoms with Gasteiger partial charge in [0.05, 0.1) is 5.69 Å². The van der Waals surface area contributed by atoms with Gasteiger partial charge in [-0.1, -0.05) is 53.5 Å². The zero-order valence-corrected chi connectivity index (χ0v) is 25.7. The average Bonchev–Trinajstić information content (AvgIpc) is 3.37. The van der Waals surface area contributed by atoms with Crippen molar-refractivity contribution in [1.29, 1.82) is 0 Å². The van der Waals surface area contributed by atoms with Crippen LogP contribution in [0.25, 0.3) is 0 Å². The fraction of sp³-hybridized carbons (Fsp3) is 0.429. The maximum atomic E-state index is 13.4. The van der Waals surface area contributed by atoms with Crippen molar-refractivity contribution in [3.05, 3.63) is 94.0 Å². The minimum absolute atomic E-state index is 0.0207. The van der Waals surface area contributed by atoms with E-state index in [1.165, 1.54) is 38.5 Å². The molecule has 0 saturated heterocycles. The number of ketones is 1. The van der Waals surface area contributed by atoms with Gasteiger partial charge in [-0.15, -0.1) is 5.10 Å². The molecule has 1 aliphatic heterocycles. The van der Waals surface area contributed by atoms with Gasteiger partial charge < -0.3 is 9.64 Å². The van der Waals surface area contributed by atoms with Gasteiger partial charge in [-0.05, 0) is 117 Å². The maximum Gasteiger partial charge on any atom is 0.196 e. The van der Waals surface area contributed by atoms with Crippen LogP contribution < -0.4 is 9.75 Å². The lowest BCUT2D eigenvalue weighted by Crippen LogP contribution is -2.58. The van der Waals surface area contributed by atoms with Crippen LogP contribution in [-0.4, -0.2) is 22.6 Å². The van der Waals surface area contributed by atoms with Crippen molar-refractivity contribution in [3.63, 3.8) is 0 Å². The van der Waals surface area contributed by atoms with Gasteiger partial charge in [0.2, 0.25) is 0 Å². The van der Waals surface area contributed by atoms with E-state index in [0.29, 0.717) is 22.5 Å². The Bertz CT molecular complexity index is 1470. The van der Waals surface area contributed by atoms with Crippen molar-refractivity contribution in [3.8, 4) is 5.75 Å². The molecule has 0 unspecified atom stereocenters. The lowest BCUT2D eigenvalue weighted by Gasteiger charge is -2.60. The Balaban J connectivity index is 1.31. The smallest absolute Gasteiger partial charge is 0.196 e. The largest absolute Gasteiger partial charge is 0.488 e. The van der Waals surface area contributed by atoms with Crippen molar-refractivity contribution in [1.82, 2.24) is 4.90 Å². The number of anilines is 1. The number of hydrazone groups is 1. The molecule has 3 aromatic carbocycles. The second kappa shape index (κ2) is 10.9. The first kappa shape index (κ1) is 27.8. The molecule has 0 N–H and O–H groups in total. The van der Waals surface area contributed by atoms with Gasteiger partial charge in [0.1, 0.15) is 12.4 Å². The van der Waals surface area contributed by atoms with Gasteiger partial charge in [-0.25, -0.2) is 5.01 Å². The SMILES string of the molecule is CC(=O)C1=NN(c2ccc(Cl)cc2)[C@H](c2ccccc2OCc2ccc(Cl)cc2)N1[C@H](C)C12CC3CC(CC(C3)C1)C2. The van der Waals surface area contributed by atoms with Crippen LogP contribution in [0.3, 0.4) is 0 Å². The van der Waals surface area contributed by atoms with Gasteiger partial charge in [-0.2, -0.15) is 0 Å².